The van der Waals surface area contributed by atoms with E-state index in [0.717, 1.165) is 6.07 Å². The molecule has 6 heteroatoms. The third kappa shape index (κ3) is 1.39. The number of benzene rings is 2. The number of hydrogen-bond donors (Lipinski definition) is 4. The van der Waals surface area contributed by atoms with Crippen molar-refractivity contribution in [3.8, 4) is 28.7 Å². The molecule has 1 unspecified atom stereocenters. The summed E-state index contributed by atoms with van der Waals surface area (Å²) in [5, 5.41) is 39.5. The van der Waals surface area contributed by atoms with E-state index < -0.39 is 22.8 Å². The fourth-order valence-corrected chi connectivity index (χ4v) is 2.32. The molecule has 0 amide bonds. The summed E-state index contributed by atoms with van der Waals surface area (Å²) in [7, 11) is 0. The summed E-state index contributed by atoms with van der Waals surface area (Å²) in [6, 6.07) is 7.27. The van der Waals surface area contributed by atoms with E-state index >= 15 is 0 Å². The fourth-order valence-electron chi connectivity index (χ4n) is 2.32. The fraction of sp³-hybridized carbons (Fsp3) is 0.0714. The van der Waals surface area contributed by atoms with Crippen molar-refractivity contribution in [2.75, 3.05) is 0 Å². The predicted molar refractivity (Wildman–Crippen MR) is 67.0 cm³/mol. The average molecular weight is 274 g/mol. The van der Waals surface area contributed by atoms with Gasteiger partial charge in [-0.3, -0.25) is 4.79 Å². The van der Waals surface area contributed by atoms with Crippen LogP contribution in [0.5, 0.6) is 28.7 Å². The maximum atomic E-state index is 11.4. The molecule has 2 aromatic rings. The standard InChI is InChI=1S/C14H10O6/c15-6-14(19)7-3-1-2-4-9(7)20-10-5-8(16)12(17)13(18)11(10)14/h1-6,16-19H. The average Bonchev–Trinajstić information content (AvgIpc) is 2.45. The van der Waals surface area contributed by atoms with Crippen LogP contribution >= 0.6 is 0 Å². The lowest BCUT2D eigenvalue weighted by Gasteiger charge is -2.32. The highest BCUT2D eigenvalue weighted by molar-refractivity contribution is 5.81. The Morgan fingerprint density at radius 2 is 1.75 bits per heavy atom. The van der Waals surface area contributed by atoms with Crippen LogP contribution < -0.4 is 4.74 Å². The van der Waals surface area contributed by atoms with Gasteiger partial charge >= 0.3 is 0 Å². The zero-order valence-corrected chi connectivity index (χ0v) is 10.1. The van der Waals surface area contributed by atoms with Crippen molar-refractivity contribution >= 4 is 6.29 Å². The first-order valence-electron chi connectivity index (χ1n) is 5.73. The Balaban J connectivity index is 2.39. The Kier molecular flexibility index (Phi) is 2.39. The zero-order valence-electron chi connectivity index (χ0n) is 10.1. The van der Waals surface area contributed by atoms with Gasteiger partial charge in [0.1, 0.15) is 11.5 Å². The first-order chi connectivity index (χ1) is 9.49. The number of aliphatic hydroxyl groups is 1. The van der Waals surface area contributed by atoms with Crippen LogP contribution in [0.15, 0.2) is 30.3 Å². The number of hydrogen-bond acceptors (Lipinski definition) is 6. The first kappa shape index (κ1) is 12.3. The van der Waals surface area contributed by atoms with Gasteiger partial charge in [-0.05, 0) is 6.07 Å². The van der Waals surface area contributed by atoms with Crippen molar-refractivity contribution in [3.63, 3.8) is 0 Å². The van der Waals surface area contributed by atoms with E-state index in [1.165, 1.54) is 12.1 Å². The van der Waals surface area contributed by atoms with Gasteiger partial charge in [0.15, 0.2) is 23.4 Å². The second kappa shape index (κ2) is 3.88. The summed E-state index contributed by atoms with van der Waals surface area (Å²) in [6.07, 6.45) is 0.239. The summed E-state index contributed by atoms with van der Waals surface area (Å²) >= 11 is 0. The van der Waals surface area contributed by atoms with Crippen molar-refractivity contribution in [2.24, 2.45) is 0 Å². The van der Waals surface area contributed by atoms with Crippen LogP contribution in [-0.2, 0) is 10.4 Å². The number of aromatic hydroxyl groups is 3. The molecule has 2 aromatic carbocycles. The molecule has 1 atom stereocenters. The molecule has 0 fully saturated rings. The van der Waals surface area contributed by atoms with Crippen LogP contribution in [0.4, 0.5) is 0 Å². The lowest BCUT2D eigenvalue weighted by atomic mass is 9.83. The summed E-state index contributed by atoms with van der Waals surface area (Å²) in [4.78, 5) is 11.4. The molecule has 0 aromatic heterocycles. The topological polar surface area (TPSA) is 107 Å². The van der Waals surface area contributed by atoms with Crippen LogP contribution in [0.3, 0.4) is 0 Å². The predicted octanol–water partition coefficient (Wildman–Crippen LogP) is 1.34. The lowest BCUT2D eigenvalue weighted by molar-refractivity contribution is -0.121. The van der Waals surface area contributed by atoms with Gasteiger partial charge in [0.05, 0.1) is 5.56 Å². The molecule has 1 heterocycles. The quantitative estimate of drug-likeness (QED) is 0.462. The van der Waals surface area contributed by atoms with Crippen molar-refractivity contribution in [1.29, 1.82) is 0 Å². The maximum Gasteiger partial charge on any atom is 0.200 e. The molecule has 4 N–H and O–H groups in total. The van der Waals surface area contributed by atoms with Crippen molar-refractivity contribution in [1.82, 2.24) is 0 Å². The highest BCUT2D eigenvalue weighted by Crippen LogP contribution is 2.54. The van der Waals surface area contributed by atoms with Crippen LogP contribution in [-0.4, -0.2) is 26.7 Å². The Labute approximate surface area is 113 Å². The molecular weight excluding hydrogens is 264 g/mol. The SMILES string of the molecule is O=CC1(O)c2ccccc2Oc2cc(O)c(O)c(O)c21. The molecular formula is C14H10O6. The van der Waals surface area contributed by atoms with E-state index in [2.05, 4.69) is 0 Å². The smallest absolute Gasteiger partial charge is 0.200 e. The molecule has 0 saturated carbocycles. The highest BCUT2D eigenvalue weighted by Gasteiger charge is 2.44. The van der Waals surface area contributed by atoms with Crippen LogP contribution in [0.25, 0.3) is 0 Å². The zero-order chi connectivity index (χ0) is 14.5. The van der Waals surface area contributed by atoms with Crippen molar-refractivity contribution in [2.45, 2.75) is 5.60 Å². The minimum atomic E-state index is -2.17. The molecule has 0 aliphatic carbocycles. The lowest BCUT2D eigenvalue weighted by Crippen LogP contribution is -2.32. The third-order valence-electron chi connectivity index (χ3n) is 3.29. The van der Waals surface area contributed by atoms with E-state index in [1.807, 2.05) is 0 Å². The largest absolute Gasteiger partial charge is 0.504 e. The molecule has 6 nitrogen and oxygen atoms in total. The van der Waals surface area contributed by atoms with Crippen LogP contribution in [0.1, 0.15) is 11.1 Å². The normalized spacial score (nSPS) is 19.6. The summed E-state index contributed by atoms with van der Waals surface area (Å²) in [5.74, 6) is -2.13. The number of aldehydes is 1. The molecule has 0 saturated heterocycles. The monoisotopic (exact) mass is 274 g/mol. The molecule has 20 heavy (non-hydrogen) atoms. The first-order valence-corrected chi connectivity index (χ1v) is 5.73. The molecule has 0 radical (unpaired) electrons. The minimum absolute atomic E-state index is 0.105. The van der Waals surface area contributed by atoms with E-state index in [9.17, 15) is 25.2 Å². The van der Waals surface area contributed by atoms with Gasteiger partial charge in [0, 0.05) is 11.6 Å². The van der Waals surface area contributed by atoms with Gasteiger partial charge in [0.25, 0.3) is 0 Å². The van der Waals surface area contributed by atoms with Crippen molar-refractivity contribution in [3.05, 3.63) is 41.5 Å². The van der Waals surface area contributed by atoms with Crippen LogP contribution in [0.2, 0.25) is 0 Å². The van der Waals surface area contributed by atoms with Gasteiger partial charge < -0.3 is 25.2 Å². The van der Waals surface area contributed by atoms with Gasteiger partial charge in [-0.2, -0.15) is 0 Å². The number of fused-ring (bicyclic) bond motifs is 2. The number of phenols is 3. The second-order valence-electron chi connectivity index (χ2n) is 4.45. The molecule has 0 spiro atoms. The van der Waals surface area contributed by atoms with Gasteiger partial charge in [0.2, 0.25) is 5.75 Å². The molecule has 1 aliphatic rings. The third-order valence-corrected chi connectivity index (χ3v) is 3.29. The number of ether oxygens (including phenoxy) is 1. The Hall–Kier alpha value is -2.73. The van der Waals surface area contributed by atoms with E-state index in [0.29, 0.717) is 0 Å². The summed E-state index contributed by atoms with van der Waals surface area (Å²) < 4.78 is 5.44. The maximum absolute atomic E-state index is 11.4. The Morgan fingerprint density at radius 3 is 2.45 bits per heavy atom. The summed E-state index contributed by atoms with van der Waals surface area (Å²) in [5.41, 5.74) is -2.33. The number of carbonyl (C=O) groups excluding carboxylic acids is 1. The molecule has 102 valence electrons. The Bertz CT molecular complexity index is 724. The van der Waals surface area contributed by atoms with Gasteiger partial charge in [-0.1, -0.05) is 18.2 Å². The van der Waals surface area contributed by atoms with E-state index in [4.69, 9.17) is 4.74 Å². The number of carbonyl (C=O) groups is 1. The van der Waals surface area contributed by atoms with Crippen LogP contribution in [0, 0.1) is 0 Å². The molecule has 3 rings (SSSR count). The number of rotatable bonds is 1. The van der Waals surface area contributed by atoms with Gasteiger partial charge in [-0.15, -0.1) is 0 Å². The van der Waals surface area contributed by atoms with Crippen molar-refractivity contribution < 1.29 is 30.0 Å². The second-order valence-corrected chi connectivity index (χ2v) is 4.45. The minimum Gasteiger partial charge on any atom is -0.504 e. The number of phenolic OH excluding ortho intramolecular Hbond substituents is 3. The highest BCUT2D eigenvalue weighted by atomic mass is 16.5. The van der Waals surface area contributed by atoms with E-state index in [-0.39, 0.29) is 28.9 Å². The molecule has 0 bridgehead atoms. The summed E-state index contributed by atoms with van der Waals surface area (Å²) in [6.45, 7) is 0. The Morgan fingerprint density at radius 1 is 1.05 bits per heavy atom. The van der Waals surface area contributed by atoms with Gasteiger partial charge in [-0.25, -0.2) is 0 Å². The number of para-hydroxylation sites is 1. The van der Waals surface area contributed by atoms with E-state index in [1.54, 1.807) is 12.1 Å². The molecule has 1 aliphatic heterocycles.